The van der Waals surface area contributed by atoms with Crippen LogP contribution in [-0.2, 0) is 0 Å². The van der Waals surface area contributed by atoms with Gasteiger partial charge in [-0.2, -0.15) is 0 Å². The van der Waals surface area contributed by atoms with Crippen LogP contribution in [0.5, 0.6) is 0 Å². The molecule has 0 saturated heterocycles. The highest BCUT2D eigenvalue weighted by Gasteiger charge is 1.90. The van der Waals surface area contributed by atoms with Gasteiger partial charge in [0.05, 0.1) is 0 Å². The van der Waals surface area contributed by atoms with Crippen molar-refractivity contribution in [3.8, 4) is 11.8 Å². The molecule has 1 rings (SSSR count). The molecule has 0 aliphatic carbocycles. The van der Waals surface area contributed by atoms with Gasteiger partial charge in [0.25, 0.3) is 0 Å². The summed E-state index contributed by atoms with van der Waals surface area (Å²) < 4.78 is 0. The molecule has 0 nitrogen and oxygen atoms in total. The van der Waals surface area contributed by atoms with Gasteiger partial charge in [-0.05, 0) is 11.1 Å². The van der Waals surface area contributed by atoms with Gasteiger partial charge < -0.3 is 0 Å². The van der Waals surface area contributed by atoms with Gasteiger partial charge in [0.2, 0.25) is 0 Å². The molecule has 0 saturated carbocycles. The summed E-state index contributed by atoms with van der Waals surface area (Å²) in [5, 5.41) is 0. The molecule has 1 aromatic rings. The molecule has 0 N–H and O–H groups in total. The third-order valence-corrected chi connectivity index (χ3v) is 1.99. The van der Waals surface area contributed by atoms with Crippen molar-refractivity contribution in [1.29, 1.82) is 0 Å². The zero-order valence-electron chi connectivity index (χ0n) is 9.16. The molecule has 0 spiro atoms. The Kier molecular flexibility index (Phi) is 5.04. The van der Waals surface area contributed by atoms with E-state index in [0.29, 0.717) is 0 Å². The van der Waals surface area contributed by atoms with Gasteiger partial charge in [0.1, 0.15) is 0 Å². The van der Waals surface area contributed by atoms with E-state index in [1.807, 2.05) is 24.3 Å². The first-order chi connectivity index (χ1) is 7.34. The molecule has 1 aromatic carbocycles. The van der Waals surface area contributed by atoms with Gasteiger partial charge in [0, 0.05) is 12.8 Å². The van der Waals surface area contributed by atoms with Crippen molar-refractivity contribution in [2.24, 2.45) is 0 Å². The summed E-state index contributed by atoms with van der Waals surface area (Å²) in [4.78, 5) is 0. The minimum absolute atomic E-state index is 0.805. The SMILES string of the molecule is C=C(/C=C\CC#CCC)c1ccccc1. The Morgan fingerprint density at radius 2 is 2.00 bits per heavy atom. The van der Waals surface area contributed by atoms with Crippen LogP contribution in [0.1, 0.15) is 25.3 Å². The van der Waals surface area contributed by atoms with E-state index in [4.69, 9.17) is 0 Å². The van der Waals surface area contributed by atoms with Crippen molar-refractivity contribution in [1.82, 2.24) is 0 Å². The predicted octanol–water partition coefficient (Wildman–Crippen LogP) is 4.06. The van der Waals surface area contributed by atoms with E-state index >= 15 is 0 Å². The van der Waals surface area contributed by atoms with E-state index in [1.165, 1.54) is 0 Å². The summed E-state index contributed by atoms with van der Waals surface area (Å²) >= 11 is 0. The largest absolute Gasteiger partial charge is 0.103 e. The van der Waals surface area contributed by atoms with Crippen molar-refractivity contribution in [3.63, 3.8) is 0 Å². The van der Waals surface area contributed by atoms with Crippen LogP contribution >= 0.6 is 0 Å². The van der Waals surface area contributed by atoms with Gasteiger partial charge in [-0.15, -0.1) is 5.92 Å². The van der Waals surface area contributed by atoms with Crippen molar-refractivity contribution in [2.45, 2.75) is 19.8 Å². The van der Waals surface area contributed by atoms with Gasteiger partial charge in [-0.1, -0.05) is 61.9 Å². The maximum atomic E-state index is 4.01. The third kappa shape index (κ3) is 4.33. The summed E-state index contributed by atoms with van der Waals surface area (Å²) in [6.45, 7) is 6.06. The van der Waals surface area contributed by atoms with E-state index in [9.17, 15) is 0 Å². The molecule has 0 aliphatic heterocycles. The number of hydrogen-bond acceptors (Lipinski definition) is 0. The quantitative estimate of drug-likeness (QED) is 0.505. The second-order valence-corrected chi connectivity index (χ2v) is 3.20. The molecule has 0 radical (unpaired) electrons. The lowest BCUT2D eigenvalue weighted by molar-refractivity contribution is 1.27. The summed E-state index contributed by atoms with van der Waals surface area (Å²) in [5.41, 5.74) is 2.20. The second kappa shape index (κ2) is 6.68. The lowest BCUT2D eigenvalue weighted by Gasteiger charge is -1.97. The van der Waals surface area contributed by atoms with Crippen molar-refractivity contribution in [2.75, 3.05) is 0 Å². The fraction of sp³-hybridized carbons (Fsp3) is 0.200. The Morgan fingerprint density at radius 1 is 1.27 bits per heavy atom. The van der Waals surface area contributed by atoms with Crippen LogP contribution in [0.4, 0.5) is 0 Å². The van der Waals surface area contributed by atoms with E-state index in [2.05, 4.69) is 43.6 Å². The Labute approximate surface area is 92.3 Å². The molecule has 0 fully saturated rings. The van der Waals surface area contributed by atoms with Crippen LogP contribution in [0, 0.1) is 11.8 Å². The summed E-state index contributed by atoms with van der Waals surface area (Å²) in [7, 11) is 0. The Bertz CT molecular complexity index is 385. The topological polar surface area (TPSA) is 0 Å². The number of rotatable bonds is 3. The van der Waals surface area contributed by atoms with E-state index in [-0.39, 0.29) is 0 Å². The van der Waals surface area contributed by atoms with E-state index in [1.54, 1.807) is 0 Å². The molecule has 0 atom stereocenters. The van der Waals surface area contributed by atoms with Crippen LogP contribution in [0.25, 0.3) is 5.57 Å². The van der Waals surface area contributed by atoms with Crippen LogP contribution in [0.15, 0.2) is 49.1 Å². The van der Waals surface area contributed by atoms with Crippen LogP contribution < -0.4 is 0 Å². The van der Waals surface area contributed by atoms with Gasteiger partial charge in [-0.25, -0.2) is 0 Å². The molecule has 0 amide bonds. The van der Waals surface area contributed by atoms with Gasteiger partial charge >= 0.3 is 0 Å². The molecule has 0 aromatic heterocycles. The van der Waals surface area contributed by atoms with Crippen molar-refractivity contribution < 1.29 is 0 Å². The highest BCUT2D eigenvalue weighted by Crippen LogP contribution is 2.12. The summed E-state index contributed by atoms with van der Waals surface area (Å²) in [6, 6.07) is 10.2. The van der Waals surface area contributed by atoms with Crippen LogP contribution in [0.3, 0.4) is 0 Å². The minimum Gasteiger partial charge on any atom is -0.103 e. The monoisotopic (exact) mass is 196 g/mol. The average molecular weight is 196 g/mol. The molecular weight excluding hydrogens is 180 g/mol. The molecule has 0 bridgehead atoms. The lowest BCUT2D eigenvalue weighted by Crippen LogP contribution is -1.76. The highest BCUT2D eigenvalue weighted by atomic mass is 14.0. The van der Waals surface area contributed by atoms with Crippen molar-refractivity contribution in [3.05, 3.63) is 54.6 Å². The standard InChI is InChI=1S/C15H16/c1-3-4-5-6-8-11-14(2)15-12-9-7-10-13-15/h7-13H,2-3,6H2,1H3/b11-8-. The molecule has 76 valence electrons. The van der Waals surface area contributed by atoms with Gasteiger partial charge in [0.15, 0.2) is 0 Å². The number of benzene rings is 1. The van der Waals surface area contributed by atoms with Crippen molar-refractivity contribution >= 4 is 5.57 Å². The van der Waals surface area contributed by atoms with E-state index in [0.717, 1.165) is 24.0 Å². The minimum atomic E-state index is 0.805. The zero-order chi connectivity index (χ0) is 10.9. The fourth-order valence-electron chi connectivity index (χ4n) is 1.21. The average Bonchev–Trinajstić information content (AvgIpc) is 2.30. The zero-order valence-corrected chi connectivity index (χ0v) is 9.16. The second-order valence-electron chi connectivity index (χ2n) is 3.20. The maximum Gasteiger partial charge on any atom is 0.0272 e. The summed E-state index contributed by atoms with van der Waals surface area (Å²) in [6.07, 6.45) is 5.81. The highest BCUT2D eigenvalue weighted by molar-refractivity contribution is 5.71. The normalized spacial score (nSPS) is 9.67. The van der Waals surface area contributed by atoms with Crippen LogP contribution in [-0.4, -0.2) is 0 Å². The summed E-state index contributed by atoms with van der Waals surface area (Å²) in [5.74, 6) is 6.09. The first-order valence-corrected chi connectivity index (χ1v) is 5.21. The molecule has 0 aliphatic rings. The lowest BCUT2D eigenvalue weighted by atomic mass is 10.1. The Hall–Kier alpha value is -1.74. The molecule has 0 unspecified atom stereocenters. The van der Waals surface area contributed by atoms with E-state index < -0.39 is 0 Å². The van der Waals surface area contributed by atoms with Crippen LogP contribution in [0.2, 0.25) is 0 Å². The first-order valence-electron chi connectivity index (χ1n) is 5.21. The molecule has 15 heavy (non-hydrogen) atoms. The first kappa shape index (κ1) is 11.3. The third-order valence-electron chi connectivity index (χ3n) is 1.99. The number of hydrogen-bond donors (Lipinski definition) is 0. The Balaban J connectivity index is 2.50. The Morgan fingerprint density at radius 3 is 2.67 bits per heavy atom. The molecule has 0 heteroatoms. The number of allylic oxidation sites excluding steroid dienone is 3. The maximum absolute atomic E-state index is 4.01. The predicted molar refractivity (Wildman–Crippen MR) is 67.3 cm³/mol. The smallest absolute Gasteiger partial charge is 0.0272 e. The molecular formula is C15H16. The van der Waals surface area contributed by atoms with Gasteiger partial charge in [-0.3, -0.25) is 0 Å². The fourth-order valence-corrected chi connectivity index (χ4v) is 1.21. The molecule has 0 heterocycles.